The Balaban J connectivity index is 1.90. The van der Waals surface area contributed by atoms with Gasteiger partial charge in [0, 0.05) is 12.6 Å². The average molecular weight is 530 g/mol. The number of carbonyl (C=O) groups is 2. The lowest BCUT2D eigenvalue weighted by molar-refractivity contribution is -0.139. The molecule has 0 unspecified atom stereocenters. The van der Waals surface area contributed by atoms with Crippen LogP contribution in [0.25, 0.3) is 0 Å². The Morgan fingerprint density at radius 1 is 1.08 bits per heavy atom. The van der Waals surface area contributed by atoms with Crippen LogP contribution in [0.15, 0.2) is 42.5 Å². The van der Waals surface area contributed by atoms with Crippen molar-refractivity contribution in [2.24, 2.45) is 0 Å². The molecule has 0 heterocycles. The molecule has 1 fully saturated rings. The number of carbonyl (C=O) groups excluding carboxylic acids is 2. The van der Waals surface area contributed by atoms with Crippen LogP contribution in [0, 0.1) is 13.8 Å². The van der Waals surface area contributed by atoms with Gasteiger partial charge in [-0.2, -0.15) is 0 Å². The molecule has 2 amide bonds. The molecule has 8 nitrogen and oxygen atoms in total. The van der Waals surface area contributed by atoms with Gasteiger partial charge in [-0.1, -0.05) is 49.1 Å². The lowest BCUT2D eigenvalue weighted by Gasteiger charge is -2.33. The van der Waals surface area contributed by atoms with Crippen LogP contribution in [0.1, 0.15) is 55.7 Å². The molecule has 0 radical (unpaired) electrons. The van der Waals surface area contributed by atoms with Crippen molar-refractivity contribution in [1.29, 1.82) is 0 Å². The Hall–Kier alpha value is -3.07. The monoisotopic (exact) mass is 529 g/mol. The van der Waals surface area contributed by atoms with Gasteiger partial charge in [-0.05, 0) is 62.9 Å². The fourth-order valence-corrected chi connectivity index (χ4v) is 5.71. The molecule has 1 aliphatic rings. The molecule has 9 heteroatoms. The number of nitrogens with one attached hydrogen (secondary N) is 1. The highest BCUT2D eigenvalue weighted by atomic mass is 32.2. The zero-order valence-corrected chi connectivity index (χ0v) is 23.3. The van der Waals surface area contributed by atoms with Crippen molar-refractivity contribution in [3.05, 3.63) is 59.2 Å². The number of aryl methyl sites for hydroxylation is 2. The normalized spacial score (nSPS) is 15.1. The highest BCUT2D eigenvalue weighted by Gasteiger charge is 2.31. The van der Waals surface area contributed by atoms with Crippen molar-refractivity contribution < 1.29 is 22.7 Å². The Morgan fingerprint density at radius 3 is 2.41 bits per heavy atom. The van der Waals surface area contributed by atoms with Gasteiger partial charge in [-0.15, -0.1) is 0 Å². The first kappa shape index (κ1) is 28.5. The smallest absolute Gasteiger partial charge is 0.244 e. The molecule has 37 heavy (non-hydrogen) atoms. The molecular weight excluding hydrogens is 490 g/mol. The topological polar surface area (TPSA) is 96.0 Å². The van der Waals surface area contributed by atoms with Gasteiger partial charge in [0.2, 0.25) is 21.8 Å². The van der Waals surface area contributed by atoms with Gasteiger partial charge in [0.1, 0.15) is 18.3 Å². The zero-order chi connectivity index (χ0) is 27.2. The second-order valence-electron chi connectivity index (χ2n) is 9.95. The van der Waals surface area contributed by atoms with Crippen molar-refractivity contribution in [1.82, 2.24) is 10.2 Å². The lowest BCUT2D eigenvalue weighted by atomic mass is 9.95. The van der Waals surface area contributed by atoms with Crippen molar-refractivity contribution in [2.45, 2.75) is 71.5 Å². The first-order chi connectivity index (χ1) is 17.5. The number of ether oxygens (including phenoxy) is 1. The number of methoxy groups -OCH3 is 1. The molecule has 202 valence electrons. The molecular formula is C28H39N3O5S. The van der Waals surface area contributed by atoms with Gasteiger partial charge >= 0.3 is 0 Å². The Kier molecular flexibility index (Phi) is 9.59. The van der Waals surface area contributed by atoms with Crippen LogP contribution in [0.3, 0.4) is 0 Å². The highest BCUT2D eigenvalue weighted by Crippen LogP contribution is 2.25. The summed E-state index contributed by atoms with van der Waals surface area (Å²) in [5.74, 6) is -0.0580. The Labute approximate surface area is 221 Å². The van der Waals surface area contributed by atoms with E-state index in [2.05, 4.69) is 5.32 Å². The molecule has 3 rings (SSSR count). The van der Waals surface area contributed by atoms with E-state index < -0.39 is 28.5 Å². The van der Waals surface area contributed by atoms with Crippen molar-refractivity contribution in [3.63, 3.8) is 0 Å². The summed E-state index contributed by atoms with van der Waals surface area (Å²) in [4.78, 5) is 28.5. The third-order valence-corrected chi connectivity index (χ3v) is 8.03. The fraction of sp³-hybridized carbons (Fsp3) is 0.500. The van der Waals surface area contributed by atoms with Gasteiger partial charge < -0.3 is 15.0 Å². The van der Waals surface area contributed by atoms with E-state index in [1.165, 1.54) is 11.3 Å². The van der Waals surface area contributed by atoms with E-state index in [0.29, 0.717) is 11.4 Å². The van der Waals surface area contributed by atoms with E-state index in [1.807, 2.05) is 44.2 Å². The predicted octanol–water partition coefficient (Wildman–Crippen LogP) is 3.94. The molecule has 0 aliphatic heterocycles. The summed E-state index contributed by atoms with van der Waals surface area (Å²) in [5.41, 5.74) is 2.97. The number of hydrogen-bond acceptors (Lipinski definition) is 5. The summed E-state index contributed by atoms with van der Waals surface area (Å²) in [6, 6.07) is 12.0. The van der Waals surface area contributed by atoms with E-state index in [-0.39, 0.29) is 18.5 Å². The van der Waals surface area contributed by atoms with E-state index in [4.69, 9.17) is 4.74 Å². The highest BCUT2D eigenvalue weighted by molar-refractivity contribution is 7.92. The number of sulfonamides is 1. The summed E-state index contributed by atoms with van der Waals surface area (Å²) in [6.07, 6.45) is 6.26. The first-order valence-electron chi connectivity index (χ1n) is 12.8. The van der Waals surface area contributed by atoms with E-state index in [0.717, 1.165) is 52.9 Å². The van der Waals surface area contributed by atoms with Crippen molar-refractivity contribution >= 4 is 27.5 Å². The maximum Gasteiger partial charge on any atom is 0.244 e. The molecule has 0 saturated heterocycles. The van der Waals surface area contributed by atoms with Crippen molar-refractivity contribution in [2.75, 3.05) is 24.2 Å². The Morgan fingerprint density at radius 2 is 1.78 bits per heavy atom. The largest absolute Gasteiger partial charge is 0.497 e. The summed E-state index contributed by atoms with van der Waals surface area (Å²) in [7, 11) is -2.20. The fourth-order valence-electron chi connectivity index (χ4n) is 4.80. The average Bonchev–Trinajstić information content (AvgIpc) is 2.86. The molecule has 1 saturated carbocycles. The third kappa shape index (κ3) is 7.71. The minimum atomic E-state index is -3.77. The SMILES string of the molecule is COc1cccc(CN(C(=O)CN(c2ccc(C)cc2C)S(C)(=O)=O)[C@H](C)C(=O)NC2CCCCC2)c1. The number of rotatable bonds is 10. The molecule has 2 aromatic rings. The number of hydrogen-bond donors (Lipinski definition) is 1. The van der Waals surface area contributed by atoms with Gasteiger partial charge in [0.15, 0.2) is 0 Å². The minimum absolute atomic E-state index is 0.0974. The van der Waals surface area contributed by atoms with Crippen LogP contribution in [0.5, 0.6) is 5.75 Å². The van der Waals surface area contributed by atoms with Gasteiger partial charge in [0.25, 0.3) is 0 Å². The van der Waals surface area contributed by atoms with Crippen LogP contribution in [-0.2, 0) is 26.2 Å². The standard InChI is InChI=1S/C28H39N3O5S/c1-20-14-15-26(21(2)16-20)31(37(5,34)35)19-27(32)30(18-23-10-9-13-25(17-23)36-4)22(3)28(33)29-24-11-7-6-8-12-24/h9-10,13-17,22,24H,6-8,11-12,18-19H2,1-5H3,(H,29,33)/t22-/m1/s1. The second kappa shape index (κ2) is 12.4. The number of amides is 2. The summed E-state index contributed by atoms with van der Waals surface area (Å²) >= 11 is 0. The molecule has 2 aromatic carbocycles. The van der Waals surface area contributed by atoms with Crippen LogP contribution >= 0.6 is 0 Å². The van der Waals surface area contributed by atoms with Crippen LogP contribution < -0.4 is 14.4 Å². The summed E-state index contributed by atoms with van der Waals surface area (Å²) in [6.45, 7) is 5.17. The number of nitrogens with zero attached hydrogens (tertiary/aromatic N) is 2. The number of anilines is 1. The molecule has 0 aromatic heterocycles. The van der Waals surface area contributed by atoms with E-state index in [1.54, 1.807) is 26.2 Å². The van der Waals surface area contributed by atoms with E-state index >= 15 is 0 Å². The molecule has 0 spiro atoms. The number of benzene rings is 2. The van der Waals surface area contributed by atoms with Crippen LogP contribution in [-0.4, -0.2) is 57.1 Å². The predicted molar refractivity (Wildman–Crippen MR) is 146 cm³/mol. The molecule has 0 bridgehead atoms. The third-order valence-electron chi connectivity index (χ3n) is 6.91. The summed E-state index contributed by atoms with van der Waals surface area (Å²) < 4.78 is 32.0. The van der Waals surface area contributed by atoms with Gasteiger partial charge in [-0.25, -0.2) is 8.42 Å². The van der Waals surface area contributed by atoms with Gasteiger partial charge in [0.05, 0.1) is 19.1 Å². The quantitative estimate of drug-likeness (QED) is 0.503. The lowest BCUT2D eigenvalue weighted by Crippen LogP contribution is -2.53. The molecule has 1 aliphatic carbocycles. The summed E-state index contributed by atoms with van der Waals surface area (Å²) in [5, 5.41) is 3.10. The maximum absolute atomic E-state index is 13.8. The van der Waals surface area contributed by atoms with Crippen LogP contribution in [0.2, 0.25) is 0 Å². The second-order valence-corrected chi connectivity index (χ2v) is 11.9. The zero-order valence-electron chi connectivity index (χ0n) is 22.5. The first-order valence-corrected chi connectivity index (χ1v) is 14.6. The minimum Gasteiger partial charge on any atom is -0.497 e. The maximum atomic E-state index is 13.8. The van der Waals surface area contributed by atoms with E-state index in [9.17, 15) is 18.0 Å². The molecule has 1 atom stereocenters. The Bertz CT molecular complexity index is 1210. The molecule has 1 N–H and O–H groups in total. The van der Waals surface area contributed by atoms with Gasteiger partial charge in [-0.3, -0.25) is 13.9 Å². The van der Waals surface area contributed by atoms with Crippen LogP contribution in [0.4, 0.5) is 5.69 Å². The van der Waals surface area contributed by atoms with Crippen molar-refractivity contribution in [3.8, 4) is 5.75 Å².